The molecule has 10 atom stereocenters. The first-order valence-corrected chi connectivity index (χ1v) is 11.0. The van der Waals surface area contributed by atoms with E-state index < -0.39 is 88.8 Å². The molecule has 0 unspecified atom stereocenters. The van der Waals surface area contributed by atoms with Crippen molar-refractivity contribution in [2.75, 3.05) is 13.2 Å². The van der Waals surface area contributed by atoms with Crippen LogP contribution in [0, 0.1) is 0 Å². The van der Waals surface area contributed by atoms with Crippen LogP contribution in [0.15, 0.2) is 0 Å². The fourth-order valence-electron chi connectivity index (χ4n) is 3.39. The smallest absolute Gasteiger partial charge is 0.218 e. The van der Waals surface area contributed by atoms with Crippen molar-refractivity contribution in [3.8, 4) is 0 Å². The number of aliphatic hydroxyl groups excluding tert-OH is 4. The van der Waals surface area contributed by atoms with Crippen molar-refractivity contribution >= 4 is 20.8 Å². The van der Waals surface area contributed by atoms with E-state index in [2.05, 4.69) is 8.37 Å². The Morgan fingerprint density at radius 3 is 2.07 bits per heavy atom. The Balaban J connectivity index is 1.90. The van der Waals surface area contributed by atoms with Crippen molar-refractivity contribution in [2.24, 2.45) is 0 Å². The van der Waals surface area contributed by atoms with E-state index in [9.17, 15) is 46.4 Å². The first-order chi connectivity index (χ1) is 13.8. The molecule has 0 saturated carbocycles. The Morgan fingerprint density at radius 2 is 1.50 bits per heavy atom. The van der Waals surface area contributed by atoms with Crippen molar-refractivity contribution in [3.05, 3.63) is 0 Å². The highest BCUT2D eigenvalue weighted by atomic mass is 32.3. The second-order valence-corrected chi connectivity index (χ2v) is 8.63. The standard InChI is InChI=1S/C12H20O16S2/c13-1-3-7(27-29(17,18)19)9(6(15)11(16)24-3)26-12-10(28-30(20,21)22)8-5(14)4(25-12)2-23-8/h3-16H,1-2H2,(H,17,18,19)(H,20,21,22)/p-2/t3-,4-,5+,6-,7+,8+,9-,10-,11-,12-/m1/s1. The lowest BCUT2D eigenvalue weighted by atomic mass is 9.98. The molecular formula is C12H18O16S2-2. The van der Waals surface area contributed by atoms with Gasteiger partial charge in [-0.15, -0.1) is 0 Å². The van der Waals surface area contributed by atoms with E-state index in [-0.39, 0.29) is 6.61 Å². The number of hydrogen-bond acceptors (Lipinski definition) is 16. The van der Waals surface area contributed by atoms with Crippen LogP contribution in [0.25, 0.3) is 0 Å². The largest absolute Gasteiger partial charge is 0.726 e. The van der Waals surface area contributed by atoms with Crippen LogP contribution in [-0.4, -0.2) is 121 Å². The van der Waals surface area contributed by atoms with Crippen LogP contribution < -0.4 is 0 Å². The van der Waals surface area contributed by atoms with E-state index in [1.54, 1.807) is 0 Å². The van der Waals surface area contributed by atoms with E-state index >= 15 is 0 Å². The number of hydrogen-bond donors (Lipinski definition) is 4. The molecular weight excluding hydrogens is 464 g/mol. The summed E-state index contributed by atoms with van der Waals surface area (Å²) in [6.45, 7) is -1.24. The van der Waals surface area contributed by atoms with E-state index in [4.69, 9.17) is 18.9 Å². The fourth-order valence-corrected chi connectivity index (χ4v) is 4.37. The summed E-state index contributed by atoms with van der Waals surface area (Å²) in [4.78, 5) is 0. The molecule has 18 heteroatoms. The Bertz CT molecular complexity index is 814. The third-order valence-electron chi connectivity index (χ3n) is 4.63. The van der Waals surface area contributed by atoms with E-state index in [1.807, 2.05) is 0 Å². The van der Waals surface area contributed by atoms with Gasteiger partial charge in [-0.3, -0.25) is 8.37 Å². The summed E-state index contributed by atoms with van der Waals surface area (Å²) in [5.41, 5.74) is 0. The summed E-state index contributed by atoms with van der Waals surface area (Å²) in [5, 5.41) is 39.3. The predicted octanol–water partition coefficient (Wildman–Crippen LogP) is -5.38. The zero-order valence-corrected chi connectivity index (χ0v) is 16.3. The molecule has 0 aliphatic carbocycles. The van der Waals surface area contributed by atoms with Crippen LogP contribution in [0.3, 0.4) is 0 Å². The van der Waals surface area contributed by atoms with Gasteiger partial charge >= 0.3 is 0 Å². The van der Waals surface area contributed by atoms with Gasteiger partial charge in [0.25, 0.3) is 0 Å². The lowest BCUT2D eigenvalue weighted by molar-refractivity contribution is -0.336. The molecule has 3 saturated heterocycles. The van der Waals surface area contributed by atoms with Gasteiger partial charge in [-0.25, -0.2) is 16.8 Å². The molecule has 0 aromatic heterocycles. The Kier molecular flexibility index (Phi) is 7.02. The van der Waals surface area contributed by atoms with Crippen LogP contribution in [-0.2, 0) is 48.1 Å². The minimum Gasteiger partial charge on any atom is -0.726 e. The fraction of sp³-hybridized carbons (Fsp3) is 1.00. The van der Waals surface area contributed by atoms with Gasteiger partial charge in [0, 0.05) is 0 Å². The summed E-state index contributed by atoms with van der Waals surface area (Å²) in [6, 6.07) is 0. The van der Waals surface area contributed by atoms with Crippen LogP contribution >= 0.6 is 0 Å². The molecule has 0 aromatic rings. The van der Waals surface area contributed by atoms with Crippen molar-refractivity contribution in [1.82, 2.24) is 0 Å². The molecule has 16 nitrogen and oxygen atoms in total. The minimum absolute atomic E-state index is 0.252. The van der Waals surface area contributed by atoms with Gasteiger partial charge < -0.3 is 48.5 Å². The van der Waals surface area contributed by atoms with Crippen molar-refractivity contribution in [3.63, 3.8) is 0 Å². The van der Waals surface area contributed by atoms with Gasteiger partial charge in [0.2, 0.25) is 20.8 Å². The molecule has 3 aliphatic heterocycles. The molecule has 3 aliphatic rings. The molecule has 0 radical (unpaired) electrons. The predicted molar refractivity (Wildman–Crippen MR) is 82.4 cm³/mol. The van der Waals surface area contributed by atoms with Gasteiger partial charge in [0.15, 0.2) is 18.7 Å². The molecule has 2 bridgehead atoms. The lowest BCUT2D eigenvalue weighted by Crippen LogP contribution is -2.64. The SMILES string of the molecule is O=S(=O)([O-])O[C@@H]1[C@H](O[C@H]2O[C@@H]3CO[C@@H]([C@H]3O)[C@H]2OS(=O)(=O)[O-])[C@@H](O)[C@H](O)O[C@@H]1CO. The maximum atomic E-state index is 11.1. The summed E-state index contributed by atoms with van der Waals surface area (Å²) in [6.07, 6.45) is -17.5. The van der Waals surface area contributed by atoms with Crippen molar-refractivity contribution < 1.29 is 73.7 Å². The lowest BCUT2D eigenvalue weighted by Gasteiger charge is -2.45. The van der Waals surface area contributed by atoms with Gasteiger partial charge in [-0.1, -0.05) is 0 Å². The molecule has 0 spiro atoms. The second kappa shape index (κ2) is 8.75. The average Bonchev–Trinajstić information content (AvgIpc) is 2.86. The van der Waals surface area contributed by atoms with Gasteiger partial charge in [-0.05, 0) is 0 Å². The monoisotopic (exact) mass is 482 g/mol. The Morgan fingerprint density at radius 1 is 0.900 bits per heavy atom. The van der Waals surface area contributed by atoms with Crippen LogP contribution in [0.5, 0.6) is 0 Å². The van der Waals surface area contributed by atoms with Crippen LogP contribution in [0.2, 0.25) is 0 Å². The molecule has 30 heavy (non-hydrogen) atoms. The third kappa shape index (κ3) is 5.24. The molecule has 176 valence electrons. The third-order valence-corrected chi connectivity index (χ3v) is 5.55. The molecule has 0 aromatic carbocycles. The van der Waals surface area contributed by atoms with Crippen molar-refractivity contribution in [1.29, 1.82) is 0 Å². The topological polar surface area (TPSA) is 251 Å². The summed E-state index contributed by atoms with van der Waals surface area (Å²) < 4.78 is 95.4. The zero-order chi connectivity index (χ0) is 22.4. The quantitative estimate of drug-likeness (QED) is 0.195. The normalized spacial score (nSPS) is 44.9. The highest BCUT2D eigenvalue weighted by Crippen LogP contribution is 2.35. The van der Waals surface area contributed by atoms with E-state index in [0.717, 1.165) is 0 Å². The Hall–Kier alpha value is -0.580. The summed E-state index contributed by atoms with van der Waals surface area (Å²) in [7, 11) is -10.8. The van der Waals surface area contributed by atoms with Gasteiger partial charge in [0.1, 0.15) is 42.7 Å². The Labute approximate surface area is 169 Å². The molecule has 4 N–H and O–H groups in total. The average molecular weight is 482 g/mol. The molecule has 3 rings (SSSR count). The highest BCUT2D eigenvalue weighted by Gasteiger charge is 2.56. The van der Waals surface area contributed by atoms with Gasteiger partial charge in [-0.2, -0.15) is 0 Å². The number of aliphatic hydroxyl groups is 4. The molecule has 3 heterocycles. The number of ether oxygens (including phenoxy) is 4. The first kappa shape index (κ1) is 24.1. The summed E-state index contributed by atoms with van der Waals surface area (Å²) in [5.74, 6) is 0. The second-order valence-electron chi connectivity index (χ2n) is 6.61. The number of rotatable bonds is 7. The first-order valence-electron chi connectivity index (χ1n) is 8.32. The maximum Gasteiger partial charge on any atom is 0.218 e. The summed E-state index contributed by atoms with van der Waals surface area (Å²) >= 11 is 0. The van der Waals surface area contributed by atoms with E-state index in [1.165, 1.54) is 0 Å². The maximum absolute atomic E-state index is 11.1. The zero-order valence-electron chi connectivity index (χ0n) is 14.7. The van der Waals surface area contributed by atoms with E-state index in [0.29, 0.717) is 0 Å². The minimum atomic E-state index is -5.44. The molecule has 0 amide bonds. The number of fused-ring (bicyclic) bond motifs is 2. The van der Waals surface area contributed by atoms with Crippen molar-refractivity contribution in [2.45, 2.75) is 61.4 Å². The van der Waals surface area contributed by atoms with Crippen LogP contribution in [0.1, 0.15) is 0 Å². The highest BCUT2D eigenvalue weighted by molar-refractivity contribution is 7.81. The molecule has 3 fully saturated rings. The van der Waals surface area contributed by atoms with Gasteiger partial charge in [0.05, 0.1) is 13.2 Å². The van der Waals surface area contributed by atoms with Crippen LogP contribution in [0.4, 0.5) is 0 Å².